The Bertz CT molecular complexity index is 859. The van der Waals surface area contributed by atoms with E-state index in [4.69, 9.17) is 0 Å². The van der Waals surface area contributed by atoms with Crippen molar-refractivity contribution in [2.75, 3.05) is 18.1 Å². The van der Waals surface area contributed by atoms with Crippen LogP contribution in [0.3, 0.4) is 0 Å². The molecule has 0 atom stereocenters. The average Bonchev–Trinajstić information content (AvgIpc) is 2.79. The molecule has 1 spiro atoms. The molecule has 1 aromatic rings. The van der Waals surface area contributed by atoms with E-state index in [0.29, 0.717) is 12.8 Å². The summed E-state index contributed by atoms with van der Waals surface area (Å²) in [4.78, 5) is 38.1. The molecule has 26 heavy (non-hydrogen) atoms. The number of imide groups is 1. The highest BCUT2D eigenvalue weighted by Gasteiger charge is 2.51. The fourth-order valence-corrected chi connectivity index (χ4v) is 4.13. The van der Waals surface area contributed by atoms with Gasteiger partial charge >= 0.3 is 6.03 Å². The molecule has 2 aliphatic rings. The molecule has 1 saturated carbocycles. The lowest BCUT2D eigenvalue weighted by molar-refractivity contribution is -0.134. The first-order valence-electron chi connectivity index (χ1n) is 8.45. The van der Waals surface area contributed by atoms with Gasteiger partial charge in [0, 0.05) is 11.9 Å². The van der Waals surface area contributed by atoms with E-state index in [2.05, 4.69) is 10.6 Å². The van der Waals surface area contributed by atoms with Crippen LogP contribution in [-0.2, 0) is 19.4 Å². The molecular formula is C17H21N3O5S. The van der Waals surface area contributed by atoms with Crippen LogP contribution in [0.4, 0.5) is 10.5 Å². The molecular weight excluding hydrogens is 358 g/mol. The molecule has 0 unspecified atom stereocenters. The van der Waals surface area contributed by atoms with Crippen LogP contribution in [0.2, 0.25) is 0 Å². The van der Waals surface area contributed by atoms with Crippen LogP contribution in [0.15, 0.2) is 29.2 Å². The summed E-state index contributed by atoms with van der Waals surface area (Å²) < 4.78 is 23.2. The van der Waals surface area contributed by atoms with Crippen molar-refractivity contribution in [3.63, 3.8) is 0 Å². The van der Waals surface area contributed by atoms with Crippen LogP contribution < -0.4 is 10.6 Å². The molecule has 0 radical (unpaired) electrons. The van der Waals surface area contributed by atoms with Gasteiger partial charge in [-0.05, 0) is 31.0 Å². The third-order valence-corrected chi connectivity index (χ3v) is 5.91. The number of rotatable bonds is 4. The predicted octanol–water partition coefficient (Wildman–Crippen LogP) is 1.28. The number of carbonyl (C=O) groups is 3. The predicted molar refractivity (Wildman–Crippen MR) is 94.2 cm³/mol. The van der Waals surface area contributed by atoms with Crippen molar-refractivity contribution in [2.24, 2.45) is 0 Å². The monoisotopic (exact) mass is 379 g/mol. The van der Waals surface area contributed by atoms with Gasteiger partial charge in [0.25, 0.3) is 5.91 Å². The zero-order valence-electron chi connectivity index (χ0n) is 14.4. The molecule has 1 heterocycles. The topological polar surface area (TPSA) is 113 Å². The molecule has 2 N–H and O–H groups in total. The summed E-state index contributed by atoms with van der Waals surface area (Å²) in [6, 6.07) is 5.26. The van der Waals surface area contributed by atoms with Gasteiger partial charge in [0.15, 0.2) is 9.84 Å². The largest absolute Gasteiger partial charge is 0.325 e. The lowest BCUT2D eigenvalue weighted by Gasteiger charge is -2.30. The molecule has 0 bridgehead atoms. The lowest BCUT2D eigenvalue weighted by Crippen LogP contribution is -2.48. The second-order valence-corrected chi connectivity index (χ2v) is 8.83. The lowest BCUT2D eigenvalue weighted by atomic mass is 9.82. The number of nitrogens with one attached hydrogen (secondary N) is 2. The Morgan fingerprint density at radius 3 is 2.58 bits per heavy atom. The summed E-state index contributed by atoms with van der Waals surface area (Å²) >= 11 is 0. The van der Waals surface area contributed by atoms with Gasteiger partial charge in [-0.2, -0.15) is 0 Å². The number of hydrogen-bond acceptors (Lipinski definition) is 5. The molecule has 9 heteroatoms. The SMILES string of the molecule is CS(=O)(=O)c1cccc(NC(=O)CN2C(=O)NC3(CCCCC3)C2=O)c1. The molecule has 140 valence electrons. The third kappa shape index (κ3) is 3.57. The van der Waals surface area contributed by atoms with E-state index < -0.39 is 33.9 Å². The van der Waals surface area contributed by atoms with Gasteiger partial charge in [-0.25, -0.2) is 13.2 Å². The Labute approximate surface area is 151 Å². The Morgan fingerprint density at radius 2 is 1.92 bits per heavy atom. The van der Waals surface area contributed by atoms with Crippen molar-refractivity contribution in [2.45, 2.75) is 42.5 Å². The van der Waals surface area contributed by atoms with Crippen molar-refractivity contribution in [1.29, 1.82) is 0 Å². The summed E-state index contributed by atoms with van der Waals surface area (Å²) in [5.74, 6) is -0.922. The van der Waals surface area contributed by atoms with Crippen LogP contribution in [0.5, 0.6) is 0 Å². The zero-order valence-corrected chi connectivity index (χ0v) is 15.3. The highest BCUT2D eigenvalue weighted by Crippen LogP contribution is 2.33. The maximum atomic E-state index is 12.6. The summed E-state index contributed by atoms with van der Waals surface area (Å²) in [5.41, 5.74) is -0.580. The van der Waals surface area contributed by atoms with Crippen molar-refractivity contribution < 1.29 is 22.8 Å². The van der Waals surface area contributed by atoms with Gasteiger partial charge < -0.3 is 10.6 Å². The minimum absolute atomic E-state index is 0.0754. The first-order valence-corrected chi connectivity index (χ1v) is 10.3. The van der Waals surface area contributed by atoms with Crippen LogP contribution in [-0.4, -0.2) is 49.5 Å². The Hall–Kier alpha value is -2.42. The molecule has 0 aromatic heterocycles. The Morgan fingerprint density at radius 1 is 1.23 bits per heavy atom. The fraction of sp³-hybridized carbons (Fsp3) is 0.471. The average molecular weight is 379 g/mol. The van der Waals surface area contributed by atoms with Gasteiger partial charge in [0.2, 0.25) is 5.91 Å². The summed E-state index contributed by atoms with van der Waals surface area (Å²) in [6.45, 7) is -0.407. The number of urea groups is 1. The molecule has 1 aromatic carbocycles. The van der Waals surface area contributed by atoms with Crippen LogP contribution in [0.1, 0.15) is 32.1 Å². The minimum Gasteiger partial charge on any atom is -0.324 e. The molecule has 8 nitrogen and oxygen atoms in total. The molecule has 2 fully saturated rings. The molecule has 1 aliphatic heterocycles. The van der Waals surface area contributed by atoms with E-state index in [0.717, 1.165) is 30.4 Å². The van der Waals surface area contributed by atoms with Gasteiger partial charge in [-0.3, -0.25) is 14.5 Å². The van der Waals surface area contributed by atoms with E-state index in [1.54, 1.807) is 6.07 Å². The number of carbonyl (C=O) groups excluding carboxylic acids is 3. The number of hydrogen-bond donors (Lipinski definition) is 2. The number of anilines is 1. The van der Waals surface area contributed by atoms with Crippen LogP contribution in [0.25, 0.3) is 0 Å². The summed E-state index contributed by atoms with van der Waals surface area (Å²) in [7, 11) is -3.40. The first kappa shape index (κ1) is 18.4. The van der Waals surface area contributed by atoms with Crippen molar-refractivity contribution in [3.8, 4) is 0 Å². The second-order valence-electron chi connectivity index (χ2n) is 6.81. The molecule has 1 aliphatic carbocycles. The summed E-state index contributed by atoms with van der Waals surface area (Å²) in [6.07, 6.45) is 5.01. The minimum atomic E-state index is -3.40. The van der Waals surface area contributed by atoms with Gasteiger partial charge in [0.1, 0.15) is 12.1 Å². The number of benzene rings is 1. The van der Waals surface area contributed by atoms with E-state index in [1.165, 1.54) is 18.2 Å². The normalized spacial score (nSPS) is 19.5. The molecule has 4 amide bonds. The van der Waals surface area contributed by atoms with Crippen molar-refractivity contribution in [3.05, 3.63) is 24.3 Å². The van der Waals surface area contributed by atoms with E-state index in [-0.39, 0.29) is 16.5 Å². The summed E-state index contributed by atoms with van der Waals surface area (Å²) in [5, 5.41) is 5.28. The maximum absolute atomic E-state index is 12.6. The van der Waals surface area contributed by atoms with E-state index in [9.17, 15) is 22.8 Å². The maximum Gasteiger partial charge on any atom is 0.325 e. The zero-order chi connectivity index (χ0) is 18.9. The highest BCUT2D eigenvalue weighted by atomic mass is 32.2. The first-order chi connectivity index (χ1) is 12.2. The highest BCUT2D eigenvalue weighted by molar-refractivity contribution is 7.90. The quantitative estimate of drug-likeness (QED) is 0.766. The second kappa shape index (κ2) is 6.71. The van der Waals surface area contributed by atoms with E-state index >= 15 is 0 Å². The Kier molecular flexibility index (Phi) is 4.74. The van der Waals surface area contributed by atoms with Gasteiger partial charge in [0.05, 0.1) is 4.90 Å². The molecule has 3 rings (SSSR count). The van der Waals surface area contributed by atoms with Gasteiger partial charge in [-0.1, -0.05) is 25.3 Å². The fourth-order valence-electron chi connectivity index (χ4n) is 3.46. The standard InChI is InChI=1S/C17H21N3O5S/c1-26(24,25)13-7-5-6-12(10-13)18-14(21)11-20-15(22)17(19-16(20)23)8-3-2-4-9-17/h5-7,10H,2-4,8-9,11H2,1H3,(H,18,21)(H,19,23). The van der Waals surface area contributed by atoms with Gasteiger partial charge in [-0.15, -0.1) is 0 Å². The van der Waals surface area contributed by atoms with Crippen LogP contribution >= 0.6 is 0 Å². The number of sulfone groups is 1. The van der Waals surface area contributed by atoms with E-state index in [1.807, 2.05) is 0 Å². The number of amides is 4. The van der Waals surface area contributed by atoms with Crippen molar-refractivity contribution >= 4 is 33.4 Å². The van der Waals surface area contributed by atoms with Crippen molar-refractivity contribution in [1.82, 2.24) is 10.2 Å². The molecule has 1 saturated heterocycles. The Balaban J connectivity index is 1.69. The smallest absolute Gasteiger partial charge is 0.324 e. The number of nitrogens with zero attached hydrogens (tertiary/aromatic N) is 1. The van der Waals surface area contributed by atoms with Crippen LogP contribution in [0, 0.1) is 0 Å². The third-order valence-electron chi connectivity index (χ3n) is 4.80.